The molecule has 1 rings (SSSR count). The Kier molecular flexibility index (Phi) is 4.33. The van der Waals surface area contributed by atoms with Gasteiger partial charge < -0.3 is 10.4 Å². The van der Waals surface area contributed by atoms with Gasteiger partial charge in [-0.15, -0.1) is 0 Å². The molecule has 0 atom stereocenters. The lowest BCUT2D eigenvalue weighted by Gasteiger charge is -2.25. The van der Waals surface area contributed by atoms with Crippen LogP contribution in [0.2, 0.25) is 0 Å². The van der Waals surface area contributed by atoms with E-state index < -0.39 is 11.4 Å². The first kappa shape index (κ1) is 13.0. The summed E-state index contributed by atoms with van der Waals surface area (Å²) in [7, 11) is 0. The maximum atomic E-state index is 11.7. The quantitative estimate of drug-likeness (QED) is 0.771. The smallest absolute Gasteiger partial charge is 0.309 e. The van der Waals surface area contributed by atoms with Crippen molar-refractivity contribution in [3.05, 3.63) is 0 Å². The van der Waals surface area contributed by atoms with E-state index in [4.69, 9.17) is 5.11 Å². The average Bonchev–Trinajstić information content (AvgIpc) is 2.17. The van der Waals surface area contributed by atoms with Crippen molar-refractivity contribution in [2.24, 2.45) is 5.41 Å². The topological polar surface area (TPSA) is 66.4 Å². The van der Waals surface area contributed by atoms with Gasteiger partial charge in [0.25, 0.3) is 0 Å². The number of hydrogen-bond donors (Lipinski definition) is 2. The van der Waals surface area contributed by atoms with E-state index in [-0.39, 0.29) is 18.4 Å². The fourth-order valence-corrected chi connectivity index (χ4v) is 2.00. The molecule has 0 aliphatic heterocycles. The molecule has 1 saturated carbocycles. The number of aliphatic carboxylic acids is 1. The zero-order valence-electron chi connectivity index (χ0n) is 10.1. The van der Waals surface area contributed by atoms with Crippen molar-refractivity contribution in [2.75, 3.05) is 0 Å². The molecule has 1 fully saturated rings. The third-order valence-corrected chi connectivity index (χ3v) is 3.15. The molecule has 1 amide bonds. The Morgan fingerprint density at radius 1 is 1.25 bits per heavy atom. The summed E-state index contributed by atoms with van der Waals surface area (Å²) in [5.74, 6) is -1.06. The minimum Gasteiger partial charge on any atom is -0.481 e. The van der Waals surface area contributed by atoms with E-state index in [2.05, 4.69) is 5.32 Å². The van der Waals surface area contributed by atoms with Gasteiger partial charge in [-0.1, -0.05) is 19.3 Å². The molecule has 92 valence electrons. The summed E-state index contributed by atoms with van der Waals surface area (Å²) in [4.78, 5) is 22.5. The molecule has 16 heavy (non-hydrogen) atoms. The van der Waals surface area contributed by atoms with Gasteiger partial charge in [-0.3, -0.25) is 9.59 Å². The Morgan fingerprint density at radius 2 is 1.81 bits per heavy atom. The fourth-order valence-electron chi connectivity index (χ4n) is 2.00. The second-order valence-corrected chi connectivity index (χ2v) is 5.27. The highest BCUT2D eigenvalue weighted by atomic mass is 16.4. The molecule has 1 aliphatic carbocycles. The second-order valence-electron chi connectivity index (χ2n) is 5.27. The molecule has 0 heterocycles. The summed E-state index contributed by atoms with van der Waals surface area (Å²) in [6.45, 7) is 3.16. The predicted octanol–water partition coefficient (Wildman–Crippen LogP) is 1.94. The van der Waals surface area contributed by atoms with Crippen molar-refractivity contribution < 1.29 is 14.7 Å². The highest BCUT2D eigenvalue weighted by Crippen LogP contribution is 2.22. The Balaban J connectivity index is 2.37. The molecule has 0 aromatic rings. The van der Waals surface area contributed by atoms with Crippen LogP contribution in [0.3, 0.4) is 0 Å². The van der Waals surface area contributed by atoms with Crippen LogP contribution in [-0.2, 0) is 9.59 Å². The Morgan fingerprint density at radius 3 is 2.31 bits per heavy atom. The molecule has 4 nitrogen and oxygen atoms in total. The number of carbonyl (C=O) groups excluding carboxylic acids is 1. The number of carbonyl (C=O) groups is 2. The second kappa shape index (κ2) is 5.32. The molecule has 0 aromatic heterocycles. The third-order valence-electron chi connectivity index (χ3n) is 3.15. The van der Waals surface area contributed by atoms with Crippen molar-refractivity contribution >= 4 is 11.9 Å². The van der Waals surface area contributed by atoms with Crippen LogP contribution in [0, 0.1) is 5.41 Å². The molecule has 0 spiro atoms. The van der Waals surface area contributed by atoms with Crippen LogP contribution in [0.4, 0.5) is 0 Å². The third kappa shape index (κ3) is 3.83. The summed E-state index contributed by atoms with van der Waals surface area (Å²) in [6, 6.07) is 0.255. The number of carboxylic acids is 1. The molecular formula is C12H21NO3. The first-order valence-electron chi connectivity index (χ1n) is 5.94. The lowest BCUT2D eigenvalue weighted by molar-refractivity contribution is -0.149. The number of rotatable bonds is 4. The lowest BCUT2D eigenvalue weighted by Crippen LogP contribution is -2.39. The summed E-state index contributed by atoms with van der Waals surface area (Å²) < 4.78 is 0. The van der Waals surface area contributed by atoms with Crippen LogP contribution in [0.5, 0.6) is 0 Å². The standard InChI is InChI=1S/C12H21NO3/c1-12(2,11(15)16)8-10(14)13-9-6-4-3-5-7-9/h9H,3-8H2,1-2H3,(H,13,14)(H,15,16). The summed E-state index contributed by atoms with van der Waals surface area (Å²) in [6.07, 6.45) is 5.67. The molecule has 2 N–H and O–H groups in total. The van der Waals surface area contributed by atoms with E-state index in [9.17, 15) is 9.59 Å². The van der Waals surface area contributed by atoms with Crippen molar-refractivity contribution in [1.82, 2.24) is 5.32 Å². The normalized spacial score (nSPS) is 18.1. The molecule has 0 saturated heterocycles. The molecular weight excluding hydrogens is 206 g/mol. The minimum absolute atomic E-state index is 0.0544. The van der Waals surface area contributed by atoms with Crippen molar-refractivity contribution in [3.63, 3.8) is 0 Å². The monoisotopic (exact) mass is 227 g/mol. The predicted molar refractivity (Wildman–Crippen MR) is 61.0 cm³/mol. The van der Waals surface area contributed by atoms with Crippen LogP contribution < -0.4 is 5.32 Å². The number of carboxylic acid groups (broad SMARTS) is 1. The minimum atomic E-state index is -0.973. The Hall–Kier alpha value is -1.06. The highest BCUT2D eigenvalue weighted by molar-refractivity contribution is 5.84. The SMILES string of the molecule is CC(C)(CC(=O)NC1CCCCC1)C(=O)O. The zero-order chi connectivity index (χ0) is 12.2. The first-order chi connectivity index (χ1) is 7.42. The van der Waals surface area contributed by atoms with Crippen LogP contribution in [0.25, 0.3) is 0 Å². The maximum absolute atomic E-state index is 11.7. The van der Waals surface area contributed by atoms with E-state index in [0.717, 1.165) is 25.7 Å². The van der Waals surface area contributed by atoms with Gasteiger partial charge in [0.05, 0.1) is 5.41 Å². The molecule has 0 radical (unpaired) electrons. The van der Waals surface area contributed by atoms with E-state index in [1.54, 1.807) is 13.8 Å². The summed E-state index contributed by atoms with van der Waals surface area (Å²) in [5.41, 5.74) is -0.973. The summed E-state index contributed by atoms with van der Waals surface area (Å²) in [5, 5.41) is 11.8. The van der Waals surface area contributed by atoms with Gasteiger partial charge in [0.2, 0.25) is 5.91 Å². The lowest BCUT2D eigenvalue weighted by atomic mass is 9.88. The van der Waals surface area contributed by atoms with E-state index in [1.807, 2.05) is 0 Å². The molecule has 1 aliphatic rings. The fraction of sp³-hybridized carbons (Fsp3) is 0.833. The van der Waals surface area contributed by atoms with Gasteiger partial charge in [0, 0.05) is 12.5 Å². The number of amides is 1. The Labute approximate surface area is 96.4 Å². The van der Waals surface area contributed by atoms with Gasteiger partial charge in [-0.25, -0.2) is 0 Å². The summed E-state index contributed by atoms with van der Waals surface area (Å²) >= 11 is 0. The number of nitrogens with one attached hydrogen (secondary N) is 1. The van der Waals surface area contributed by atoms with Crippen LogP contribution in [0.15, 0.2) is 0 Å². The van der Waals surface area contributed by atoms with Crippen molar-refractivity contribution in [1.29, 1.82) is 0 Å². The highest BCUT2D eigenvalue weighted by Gasteiger charge is 2.30. The molecule has 0 bridgehead atoms. The molecule has 0 unspecified atom stereocenters. The maximum Gasteiger partial charge on any atom is 0.309 e. The van der Waals surface area contributed by atoms with Crippen LogP contribution >= 0.6 is 0 Å². The van der Waals surface area contributed by atoms with Gasteiger partial charge in [-0.05, 0) is 26.7 Å². The number of hydrogen-bond acceptors (Lipinski definition) is 2. The average molecular weight is 227 g/mol. The Bertz CT molecular complexity index is 267. The van der Waals surface area contributed by atoms with Gasteiger partial charge in [0.15, 0.2) is 0 Å². The van der Waals surface area contributed by atoms with Crippen LogP contribution in [0.1, 0.15) is 52.4 Å². The van der Waals surface area contributed by atoms with E-state index >= 15 is 0 Å². The molecule has 0 aromatic carbocycles. The first-order valence-corrected chi connectivity index (χ1v) is 5.94. The van der Waals surface area contributed by atoms with Gasteiger partial charge >= 0.3 is 5.97 Å². The zero-order valence-corrected chi connectivity index (χ0v) is 10.1. The van der Waals surface area contributed by atoms with E-state index in [1.165, 1.54) is 6.42 Å². The van der Waals surface area contributed by atoms with Gasteiger partial charge in [-0.2, -0.15) is 0 Å². The van der Waals surface area contributed by atoms with Crippen LogP contribution in [-0.4, -0.2) is 23.0 Å². The van der Waals surface area contributed by atoms with Crippen molar-refractivity contribution in [3.8, 4) is 0 Å². The van der Waals surface area contributed by atoms with Gasteiger partial charge in [0.1, 0.15) is 0 Å². The molecule has 4 heteroatoms. The largest absolute Gasteiger partial charge is 0.481 e. The van der Waals surface area contributed by atoms with Crippen molar-refractivity contribution in [2.45, 2.75) is 58.4 Å². The van der Waals surface area contributed by atoms with E-state index in [0.29, 0.717) is 0 Å².